The van der Waals surface area contributed by atoms with E-state index in [9.17, 15) is 14.4 Å². The number of hydrogen-bond acceptors (Lipinski definition) is 5. The maximum Gasteiger partial charge on any atom is 0.333 e. The van der Waals surface area contributed by atoms with Crippen LogP contribution >= 0.6 is 0 Å². The van der Waals surface area contributed by atoms with Crippen LogP contribution in [0.15, 0.2) is 103 Å². The molecule has 0 saturated heterocycles. The molecule has 0 radical (unpaired) electrons. The van der Waals surface area contributed by atoms with Gasteiger partial charge in [-0.3, -0.25) is 0 Å². The first-order valence-corrected chi connectivity index (χ1v) is 10.9. The summed E-state index contributed by atoms with van der Waals surface area (Å²) in [5, 5.41) is 24.7. The Hall–Kier alpha value is -4.23. The summed E-state index contributed by atoms with van der Waals surface area (Å²) in [6, 6.07) is 19.8. The quantitative estimate of drug-likeness (QED) is 0.333. The highest BCUT2D eigenvalue weighted by Crippen LogP contribution is 2.03. The fraction of sp³-hybridized carbons (Fsp3) is 0.207. The summed E-state index contributed by atoms with van der Waals surface area (Å²) in [7, 11) is 0. The smallest absolute Gasteiger partial charge is 0.333 e. The SMILES string of the molecule is C/C(=C\Cc1ccccc1)C(=O)O.C=C(C)C(=O)O.C=C(C)C(=O)OCCO.C=Cc1ccccc1. The van der Waals surface area contributed by atoms with Crippen LogP contribution in [-0.2, 0) is 25.5 Å². The van der Waals surface area contributed by atoms with Gasteiger partial charge in [-0.05, 0) is 38.3 Å². The summed E-state index contributed by atoms with van der Waals surface area (Å²) in [4.78, 5) is 30.5. The number of carbonyl (C=O) groups excluding carboxylic acids is 1. The lowest BCUT2D eigenvalue weighted by atomic mass is 10.1. The van der Waals surface area contributed by atoms with E-state index in [0.29, 0.717) is 17.6 Å². The van der Waals surface area contributed by atoms with Crippen LogP contribution in [0.1, 0.15) is 31.9 Å². The predicted octanol–water partition coefficient (Wildman–Crippen LogP) is 5.33. The third-order valence-electron chi connectivity index (χ3n) is 3.90. The molecule has 0 amide bonds. The molecule has 2 aromatic rings. The lowest BCUT2D eigenvalue weighted by molar-refractivity contribution is -0.140. The Balaban J connectivity index is 0. The van der Waals surface area contributed by atoms with E-state index in [4.69, 9.17) is 15.3 Å². The van der Waals surface area contributed by atoms with Crippen molar-refractivity contribution in [1.82, 2.24) is 0 Å². The maximum atomic E-state index is 10.5. The molecule has 3 N–H and O–H groups in total. The zero-order valence-corrected chi connectivity index (χ0v) is 21.1. The van der Waals surface area contributed by atoms with Gasteiger partial charge in [0.25, 0.3) is 0 Å². The van der Waals surface area contributed by atoms with Gasteiger partial charge in [-0.2, -0.15) is 0 Å². The Morgan fingerprint density at radius 3 is 1.64 bits per heavy atom. The number of aliphatic hydroxyl groups excluding tert-OH is 1. The number of allylic oxidation sites excluding steroid dienone is 1. The number of carbonyl (C=O) groups is 3. The molecule has 7 nitrogen and oxygen atoms in total. The third kappa shape index (κ3) is 20.4. The number of rotatable bonds is 8. The number of esters is 1. The molecule has 36 heavy (non-hydrogen) atoms. The monoisotopic (exact) mass is 496 g/mol. The third-order valence-corrected chi connectivity index (χ3v) is 3.90. The van der Waals surface area contributed by atoms with Gasteiger partial charge in [-0.1, -0.05) is 92.6 Å². The molecule has 0 aromatic heterocycles. The zero-order chi connectivity index (χ0) is 27.9. The van der Waals surface area contributed by atoms with Crippen molar-refractivity contribution in [1.29, 1.82) is 0 Å². The fourth-order valence-corrected chi connectivity index (χ4v) is 1.82. The first kappa shape index (κ1) is 33.9. The molecule has 7 heteroatoms. The van der Waals surface area contributed by atoms with Crippen molar-refractivity contribution in [3.8, 4) is 0 Å². The molecule has 194 valence electrons. The van der Waals surface area contributed by atoms with Gasteiger partial charge in [-0.25, -0.2) is 14.4 Å². The van der Waals surface area contributed by atoms with Crippen LogP contribution in [0.3, 0.4) is 0 Å². The van der Waals surface area contributed by atoms with Gasteiger partial charge in [-0.15, -0.1) is 0 Å². The molecule has 0 unspecified atom stereocenters. The highest BCUT2D eigenvalue weighted by molar-refractivity contribution is 5.87. The van der Waals surface area contributed by atoms with Crippen molar-refractivity contribution in [2.24, 2.45) is 0 Å². The highest BCUT2D eigenvalue weighted by atomic mass is 16.5. The minimum Gasteiger partial charge on any atom is -0.478 e. The number of ether oxygens (including phenoxy) is 1. The average Bonchev–Trinajstić information content (AvgIpc) is 2.87. The van der Waals surface area contributed by atoms with E-state index in [-0.39, 0.29) is 18.8 Å². The van der Waals surface area contributed by atoms with Gasteiger partial charge < -0.3 is 20.1 Å². The van der Waals surface area contributed by atoms with Crippen molar-refractivity contribution >= 4 is 24.0 Å². The molecular weight excluding hydrogens is 460 g/mol. The first-order valence-electron chi connectivity index (χ1n) is 10.9. The van der Waals surface area contributed by atoms with Gasteiger partial charge >= 0.3 is 17.9 Å². The lowest BCUT2D eigenvalue weighted by Crippen LogP contribution is -2.08. The Labute approximate surface area is 213 Å². The normalized spacial score (nSPS) is 9.39. The Morgan fingerprint density at radius 1 is 0.833 bits per heavy atom. The summed E-state index contributed by atoms with van der Waals surface area (Å²) >= 11 is 0. The molecule has 0 aliphatic heterocycles. The molecular formula is C29H36O7. The average molecular weight is 497 g/mol. The fourth-order valence-electron chi connectivity index (χ4n) is 1.82. The Kier molecular flexibility index (Phi) is 20.1. The number of carboxylic acid groups (broad SMARTS) is 2. The Bertz CT molecular complexity index is 979. The molecule has 0 atom stereocenters. The van der Waals surface area contributed by atoms with Crippen LogP contribution < -0.4 is 0 Å². The van der Waals surface area contributed by atoms with Crippen molar-refractivity contribution in [2.45, 2.75) is 27.2 Å². The molecule has 2 aromatic carbocycles. The van der Waals surface area contributed by atoms with Crippen molar-refractivity contribution < 1.29 is 34.4 Å². The Morgan fingerprint density at radius 2 is 1.31 bits per heavy atom. The summed E-state index contributed by atoms with van der Waals surface area (Å²) in [5.41, 5.74) is 3.22. The second-order valence-electron chi connectivity index (χ2n) is 7.22. The van der Waals surface area contributed by atoms with Gasteiger partial charge in [0, 0.05) is 16.7 Å². The zero-order valence-electron chi connectivity index (χ0n) is 21.1. The minimum atomic E-state index is -0.935. The molecule has 0 aliphatic rings. The number of aliphatic carboxylic acids is 2. The topological polar surface area (TPSA) is 121 Å². The molecule has 0 fully saturated rings. The molecule has 2 rings (SSSR count). The van der Waals surface area contributed by atoms with Crippen LogP contribution in [0.5, 0.6) is 0 Å². The van der Waals surface area contributed by atoms with Crippen molar-refractivity contribution in [3.63, 3.8) is 0 Å². The standard InChI is InChI=1S/C11H12O2.C8H8.C6H10O3.C4H6O2/c1-9(11(12)13)7-8-10-5-3-2-4-6-10;1-2-8-6-4-3-5-7-8;1-5(2)6(8)9-4-3-7;1-3(2)4(5)6/h2-7H,8H2,1H3,(H,12,13);2-7H,1H2;7H,1,3-4H2,2H3;1H2,2H3,(H,5,6)/b9-7+;;;. The van der Waals surface area contributed by atoms with Crippen LogP contribution in [0.4, 0.5) is 0 Å². The van der Waals surface area contributed by atoms with Gasteiger partial charge in [0.05, 0.1) is 6.61 Å². The number of carboxylic acids is 2. The van der Waals surface area contributed by atoms with Crippen LogP contribution in [0.25, 0.3) is 6.08 Å². The van der Waals surface area contributed by atoms with Crippen LogP contribution in [-0.4, -0.2) is 46.4 Å². The van der Waals surface area contributed by atoms with Crippen molar-refractivity contribution in [2.75, 3.05) is 13.2 Å². The molecule has 0 saturated carbocycles. The summed E-state index contributed by atoms with van der Waals surface area (Å²) in [5.74, 6) is -2.24. The van der Waals surface area contributed by atoms with Crippen LogP contribution in [0.2, 0.25) is 0 Å². The van der Waals surface area contributed by atoms with Crippen molar-refractivity contribution in [3.05, 3.63) is 114 Å². The number of aliphatic hydroxyl groups is 1. The number of benzene rings is 2. The lowest BCUT2D eigenvalue weighted by Gasteiger charge is -1.99. The maximum absolute atomic E-state index is 10.5. The molecule has 0 aliphatic carbocycles. The van der Waals surface area contributed by atoms with Gasteiger partial charge in [0.1, 0.15) is 6.61 Å². The molecule has 0 bridgehead atoms. The van der Waals surface area contributed by atoms with E-state index >= 15 is 0 Å². The molecule has 0 heterocycles. The second-order valence-corrected chi connectivity index (χ2v) is 7.22. The van der Waals surface area contributed by atoms with E-state index in [1.54, 1.807) is 19.9 Å². The predicted molar refractivity (Wildman–Crippen MR) is 143 cm³/mol. The van der Waals surface area contributed by atoms with E-state index in [2.05, 4.69) is 24.5 Å². The summed E-state index contributed by atoms with van der Waals surface area (Å²) < 4.78 is 4.46. The second kappa shape index (κ2) is 21.3. The van der Waals surface area contributed by atoms with E-state index in [0.717, 1.165) is 5.56 Å². The van der Waals surface area contributed by atoms with E-state index in [1.165, 1.54) is 12.5 Å². The largest absolute Gasteiger partial charge is 0.478 e. The summed E-state index contributed by atoms with van der Waals surface area (Å²) in [6.07, 6.45) is 4.23. The van der Waals surface area contributed by atoms with Gasteiger partial charge in [0.15, 0.2) is 0 Å². The van der Waals surface area contributed by atoms with E-state index < -0.39 is 17.9 Å². The first-order chi connectivity index (χ1) is 17.0. The van der Waals surface area contributed by atoms with E-state index in [1.807, 2.05) is 66.7 Å². The van der Waals surface area contributed by atoms with Gasteiger partial charge in [0.2, 0.25) is 0 Å². The highest BCUT2D eigenvalue weighted by Gasteiger charge is 2.00. The molecule has 0 spiro atoms. The number of hydrogen-bond donors (Lipinski definition) is 3. The van der Waals surface area contributed by atoms with Crippen LogP contribution in [0, 0.1) is 0 Å². The summed E-state index contributed by atoms with van der Waals surface area (Å²) in [6.45, 7) is 14.6. The minimum absolute atomic E-state index is 0.0473.